The van der Waals surface area contributed by atoms with E-state index in [4.69, 9.17) is 5.11 Å². The average Bonchev–Trinajstić information content (AvgIpc) is 2.99. The van der Waals surface area contributed by atoms with Gasteiger partial charge in [-0.1, -0.05) is 12.1 Å². The van der Waals surface area contributed by atoms with E-state index in [-0.39, 0.29) is 18.3 Å². The third-order valence-corrected chi connectivity index (χ3v) is 4.13. The molecule has 1 aliphatic rings. The van der Waals surface area contributed by atoms with Gasteiger partial charge >= 0.3 is 0 Å². The molecule has 1 amide bonds. The molecule has 0 aliphatic carbocycles. The topological polar surface area (TPSA) is 61.6 Å². The lowest BCUT2D eigenvalue weighted by Crippen LogP contribution is -2.43. The lowest BCUT2D eigenvalue weighted by Gasteiger charge is -2.29. The number of nitrogens with zero attached hydrogens (tertiary/aromatic N) is 4. The molecular formula is C17H21FN4O2. The van der Waals surface area contributed by atoms with E-state index < -0.39 is 0 Å². The van der Waals surface area contributed by atoms with Crippen molar-refractivity contribution in [2.45, 2.75) is 26.2 Å². The first-order chi connectivity index (χ1) is 11.5. The van der Waals surface area contributed by atoms with Gasteiger partial charge in [0.05, 0.1) is 37.6 Å². The molecule has 6 nitrogen and oxygen atoms in total. The SMILES string of the molecule is CN(CC(=O)N1CCn2nc(CO)cc2C1)Cc1ccc(F)cc1. The van der Waals surface area contributed by atoms with Crippen LogP contribution >= 0.6 is 0 Å². The van der Waals surface area contributed by atoms with Crippen LogP contribution in [0.5, 0.6) is 0 Å². The Kier molecular flexibility index (Phi) is 4.92. The molecule has 1 aromatic carbocycles. The zero-order chi connectivity index (χ0) is 17.1. The molecule has 0 unspecified atom stereocenters. The Balaban J connectivity index is 1.55. The smallest absolute Gasteiger partial charge is 0.237 e. The van der Waals surface area contributed by atoms with Crippen molar-refractivity contribution < 1.29 is 14.3 Å². The molecule has 2 heterocycles. The second kappa shape index (κ2) is 7.11. The Morgan fingerprint density at radius 2 is 2.08 bits per heavy atom. The van der Waals surface area contributed by atoms with Crippen LogP contribution in [-0.2, 0) is 31.0 Å². The van der Waals surface area contributed by atoms with Crippen LogP contribution in [-0.4, -0.2) is 50.7 Å². The van der Waals surface area contributed by atoms with Gasteiger partial charge in [-0.15, -0.1) is 0 Å². The van der Waals surface area contributed by atoms with E-state index in [0.717, 1.165) is 11.3 Å². The highest BCUT2D eigenvalue weighted by Crippen LogP contribution is 2.14. The summed E-state index contributed by atoms with van der Waals surface area (Å²) in [5, 5.41) is 13.4. The van der Waals surface area contributed by atoms with Crippen molar-refractivity contribution in [3.05, 3.63) is 53.1 Å². The lowest BCUT2D eigenvalue weighted by atomic mass is 10.2. The van der Waals surface area contributed by atoms with Gasteiger partial charge in [-0.05, 0) is 30.8 Å². The average molecular weight is 332 g/mol. The van der Waals surface area contributed by atoms with Crippen LogP contribution in [0.25, 0.3) is 0 Å². The minimum atomic E-state index is -0.260. The summed E-state index contributed by atoms with van der Waals surface area (Å²) in [6, 6.07) is 8.14. The zero-order valence-electron chi connectivity index (χ0n) is 13.7. The number of halogens is 1. The molecule has 0 saturated heterocycles. The third kappa shape index (κ3) is 3.80. The van der Waals surface area contributed by atoms with E-state index in [9.17, 15) is 9.18 Å². The first-order valence-corrected chi connectivity index (χ1v) is 7.92. The molecule has 128 valence electrons. The molecule has 0 saturated carbocycles. The molecule has 3 rings (SSSR count). The third-order valence-electron chi connectivity index (χ3n) is 4.13. The van der Waals surface area contributed by atoms with E-state index in [0.29, 0.717) is 38.4 Å². The van der Waals surface area contributed by atoms with Crippen molar-refractivity contribution in [3.8, 4) is 0 Å². The van der Waals surface area contributed by atoms with Crippen LogP contribution in [0.4, 0.5) is 4.39 Å². The van der Waals surface area contributed by atoms with E-state index >= 15 is 0 Å². The summed E-state index contributed by atoms with van der Waals surface area (Å²) in [4.78, 5) is 16.2. The number of aromatic nitrogens is 2. The van der Waals surface area contributed by atoms with Gasteiger partial charge in [0.2, 0.25) is 5.91 Å². The minimum Gasteiger partial charge on any atom is -0.390 e. The maximum Gasteiger partial charge on any atom is 0.237 e. The quantitative estimate of drug-likeness (QED) is 0.887. The second-order valence-electron chi connectivity index (χ2n) is 6.12. The summed E-state index contributed by atoms with van der Waals surface area (Å²) in [5.74, 6) is -0.206. The molecule has 0 bridgehead atoms. The Labute approximate surface area is 140 Å². The first-order valence-electron chi connectivity index (χ1n) is 7.92. The van der Waals surface area contributed by atoms with Gasteiger partial charge in [0, 0.05) is 13.1 Å². The molecule has 1 aliphatic heterocycles. The van der Waals surface area contributed by atoms with Gasteiger partial charge in [-0.25, -0.2) is 4.39 Å². The summed E-state index contributed by atoms with van der Waals surface area (Å²) < 4.78 is 14.8. The van der Waals surface area contributed by atoms with Crippen LogP contribution in [0, 0.1) is 5.82 Å². The molecule has 2 aromatic rings. The van der Waals surface area contributed by atoms with Crippen molar-refractivity contribution >= 4 is 5.91 Å². The normalized spacial score (nSPS) is 14.1. The number of rotatable bonds is 5. The number of carbonyl (C=O) groups is 1. The summed E-state index contributed by atoms with van der Waals surface area (Å²) in [7, 11) is 1.87. The number of aliphatic hydroxyl groups is 1. The fourth-order valence-corrected chi connectivity index (χ4v) is 2.90. The summed E-state index contributed by atoms with van der Waals surface area (Å²) in [5.41, 5.74) is 2.54. The number of amides is 1. The number of benzene rings is 1. The Morgan fingerprint density at radius 1 is 1.33 bits per heavy atom. The van der Waals surface area contributed by atoms with Crippen molar-refractivity contribution in [2.75, 3.05) is 20.1 Å². The summed E-state index contributed by atoms with van der Waals surface area (Å²) in [6.07, 6.45) is 0. The van der Waals surface area contributed by atoms with Crippen LogP contribution in [0.15, 0.2) is 30.3 Å². The molecule has 0 radical (unpaired) electrons. The monoisotopic (exact) mass is 332 g/mol. The van der Waals surface area contributed by atoms with E-state index in [1.807, 2.05) is 22.7 Å². The van der Waals surface area contributed by atoms with Crippen molar-refractivity contribution in [1.82, 2.24) is 19.6 Å². The molecular weight excluding hydrogens is 311 g/mol. The predicted octanol–water partition coefficient (Wildman–Crippen LogP) is 0.989. The van der Waals surface area contributed by atoms with E-state index in [1.165, 1.54) is 12.1 Å². The number of aliphatic hydroxyl groups excluding tert-OH is 1. The standard InChI is InChI=1S/C17H21FN4O2/c1-20(9-13-2-4-14(18)5-3-13)11-17(24)21-6-7-22-16(10-21)8-15(12-23)19-22/h2-5,8,23H,6-7,9-12H2,1H3. The molecule has 0 fully saturated rings. The van der Waals surface area contributed by atoms with Crippen LogP contribution in [0.2, 0.25) is 0 Å². The number of fused-ring (bicyclic) bond motifs is 1. The Hall–Kier alpha value is -2.25. The maximum absolute atomic E-state index is 12.9. The van der Waals surface area contributed by atoms with Gasteiger partial charge in [-0.2, -0.15) is 5.10 Å². The second-order valence-corrected chi connectivity index (χ2v) is 6.12. The number of hydrogen-bond donors (Lipinski definition) is 1. The van der Waals surface area contributed by atoms with E-state index in [2.05, 4.69) is 5.10 Å². The van der Waals surface area contributed by atoms with Crippen molar-refractivity contribution in [3.63, 3.8) is 0 Å². The maximum atomic E-state index is 12.9. The Bertz CT molecular complexity index is 714. The highest BCUT2D eigenvalue weighted by Gasteiger charge is 2.22. The first kappa shape index (κ1) is 16.6. The van der Waals surface area contributed by atoms with Crippen LogP contribution < -0.4 is 0 Å². The largest absolute Gasteiger partial charge is 0.390 e. The highest BCUT2D eigenvalue weighted by atomic mass is 19.1. The molecule has 24 heavy (non-hydrogen) atoms. The molecule has 1 aromatic heterocycles. The predicted molar refractivity (Wildman–Crippen MR) is 86.3 cm³/mol. The summed E-state index contributed by atoms with van der Waals surface area (Å²) >= 11 is 0. The zero-order valence-corrected chi connectivity index (χ0v) is 13.7. The van der Waals surface area contributed by atoms with Gasteiger partial charge in [0.15, 0.2) is 0 Å². The molecule has 0 spiro atoms. The number of carbonyl (C=O) groups excluding carboxylic acids is 1. The molecule has 0 atom stereocenters. The van der Waals surface area contributed by atoms with Crippen molar-refractivity contribution in [1.29, 1.82) is 0 Å². The minimum absolute atomic E-state index is 0.0533. The van der Waals surface area contributed by atoms with Crippen LogP contribution in [0.3, 0.4) is 0 Å². The molecule has 1 N–H and O–H groups in total. The van der Waals surface area contributed by atoms with Gasteiger partial charge in [0.25, 0.3) is 0 Å². The van der Waals surface area contributed by atoms with Gasteiger partial charge < -0.3 is 10.0 Å². The fourth-order valence-electron chi connectivity index (χ4n) is 2.90. The Morgan fingerprint density at radius 3 is 2.79 bits per heavy atom. The number of likely N-dealkylation sites (N-methyl/N-ethyl adjacent to an activating group) is 1. The molecule has 7 heteroatoms. The van der Waals surface area contributed by atoms with Crippen molar-refractivity contribution in [2.24, 2.45) is 0 Å². The van der Waals surface area contributed by atoms with Gasteiger partial charge in [-0.3, -0.25) is 14.4 Å². The summed E-state index contributed by atoms with van der Waals surface area (Å²) in [6.45, 7) is 2.57. The number of hydrogen-bond acceptors (Lipinski definition) is 4. The van der Waals surface area contributed by atoms with Crippen LogP contribution in [0.1, 0.15) is 17.0 Å². The fraction of sp³-hybridized carbons (Fsp3) is 0.412. The highest BCUT2D eigenvalue weighted by molar-refractivity contribution is 5.78. The van der Waals surface area contributed by atoms with Gasteiger partial charge in [0.1, 0.15) is 5.82 Å². The van der Waals surface area contributed by atoms with E-state index in [1.54, 1.807) is 17.0 Å². The lowest BCUT2D eigenvalue weighted by molar-refractivity contribution is -0.133.